The van der Waals surface area contributed by atoms with Gasteiger partial charge in [-0.3, -0.25) is 0 Å². The highest BCUT2D eigenvalue weighted by atomic mass is 19.4. The molecule has 0 aliphatic carbocycles. The maximum absolute atomic E-state index is 12.7. The molecule has 6 heteroatoms. The standard InChI is InChI=1S/C25H25F3O3/c1-16(25(26,27)28)23(29)31-24(3,4)13-14-30-17(2)22-20-11-7-5-9-18(20)15-19-10-6-8-12-21(19)22/h5-12,15,17H,1,13-14H2,2-4H3. The van der Waals surface area contributed by atoms with E-state index in [1.54, 1.807) is 13.8 Å². The van der Waals surface area contributed by atoms with Crippen LogP contribution in [0.15, 0.2) is 66.7 Å². The molecule has 0 N–H and O–H groups in total. The Bertz CT molecular complexity index is 1060. The van der Waals surface area contributed by atoms with Crippen LogP contribution in [0.3, 0.4) is 0 Å². The van der Waals surface area contributed by atoms with Crippen LogP contribution in [0.4, 0.5) is 13.2 Å². The van der Waals surface area contributed by atoms with Crippen molar-refractivity contribution in [2.45, 2.75) is 45.1 Å². The van der Waals surface area contributed by atoms with Crippen LogP contribution in [0.1, 0.15) is 38.9 Å². The Labute approximate surface area is 179 Å². The Hall–Kier alpha value is -2.86. The highest BCUT2D eigenvalue weighted by molar-refractivity contribution is 6.02. The van der Waals surface area contributed by atoms with E-state index in [0.29, 0.717) is 0 Å². The van der Waals surface area contributed by atoms with Gasteiger partial charge < -0.3 is 9.47 Å². The molecular weight excluding hydrogens is 405 g/mol. The molecule has 3 aromatic carbocycles. The fourth-order valence-corrected chi connectivity index (χ4v) is 3.53. The molecule has 1 unspecified atom stereocenters. The summed E-state index contributed by atoms with van der Waals surface area (Å²) in [6, 6.07) is 18.2. The van der Waals surface area contributed by atoms with Gasteiger partial charge in [-0.1, -0.05) is 55.1 Å². The van der Waals surface area contributed by atoms with Crippen LogP contribution in [0.25, 0.3) is 21.5 Å². The number of hydrogen-bond donors (Lipinski definition) is 0. The first-order valence-electron chi connectivity index (χ1n) is 10.0. The van der Waals surface area contributed by atoms with E-state index >= 15 is 0 Å². The van der Waals surface area contributed by atoms with Crippen molar-refractivity contribution in [3.63, 3.8) is 0 Å². The molecule has 0 aromatic heterocycles. The fourth-order valence-electron chi connectivity index (χ4n) is 3.53. The number of ether oxygens (including phenoxy) is 2. The van der Waals surface area contributed by atoms with Crippen molar-refractivity contribution in [1.29, 1.82) is 0 Å². The van der Waals surface area contributed by atoms with Crippen molar-refractivity contribution in [3.05, 3.63) is 72.3 Å². The van der Waals surface area contributed by atoms with Crippen molar-refractivity contribution in [1.82, 2.24) is 0 Å². The fraction of sp³-hybridized carbons (Fsp3) is 0.320. The van der Waals surface area contributed by atoms with Crippen molar-refractivity contribution in [2.75, 3.05) is 6.61 Å². The van der Waals surface area contributed by atoms with Gasteiger partial charge >= 0.3 is 12.1 Å². The van der Waals surface area contributed by atoms with Gasteiger partial charge in [0.1, 0.15) is 11.2 Å². The largest absolute Gasteiger partial charge is 0.456 e. The zero-order valence-corrected chi connectivity index (χ0v) is 17.8. The van der Waals surface area contributed by atoms with E-state index in [0.717, 1.165) is 27.1 Å². The van der Waals surface area contributed by atoms with E-state index in [1.807, 2.05) is 55.5 Å². The summed E-state index contributed by atoms with van der Waals surface area (Å²) in [6.07, 6.45) is -4.85. The maximum atomic E-state index is 12.7. The van der Waals surface area contributed by atoms with Gasteiger partial charge in [-0.05, 0) is 53.9 Å². The molecule has 0 amide bonds. The third-order valence-electron chi connectivity index (χ3n) is 5.25. The molecule has 0 saturated carbocycles. The Morgan fingerprint density at radius 2 is 1.52 bits per heavy atom. The molecule has 0 spiro atoms. The van der Waals surface area contributed by atoms with Gasteiger partial charge in [0.15, 0.2) is 0 Å². The summed E-state index contributed by atoms with van der Waals surface area (Å²) in [7, 11) is 0. The average molecular weight is 430 g/mol. The number of esters is 1. The summed E-state index contributed by atoms with van der Waals surface area (Å²) in [5.41, 5.74) is -1.60. The number of benzene rings is 3. The van der Waals surface area contributed by atoms with Crippen LogP contribution in [0, 0.1) is 0 Å². The molecule has 0 saturated heterocycles. The topological polar surface area (TPSA) is 35.5 Å². The summed E-state index contributed by atoms with van der Waals surface area (Å²) >= 11 is 0. The van der Waals surface area contributed by atoms with Crippen LogP contribution < -0.4 is 0 Å². The quantitative estimate of drug-likeness (QED) is 0.232. The maximum Gasteiger partial charge on any atom is 0.422 e. The number of rotatable bonds is 7. The average Bonchev–Trinajstić information content (AvgIpc) is 2.69. The first-order valence-corrected chi connectivity index (χ1v) is 10.0. The highest BCUT2D eigenvalue weighted by Gasteiger charge is 2.39. The molecule has 0 fully saturated rings. The second-order valence-corrected chi connectivity index (χ2v) is 8.12. The van der Waals surface area contributed by atoms with Crippen molar-refractivity contribution >= 4 is 27.5 Å². The predicted molar refractivity (Wildman–Crippen MR) is 116 cm³/mol. The molecule has 3 nitrogen and oxygen atoms in total. The van der Waals surface area contributed by atoms with E-state index in [9.17, 15) is 18.0 Å². The van der Waals surface area contributed by atoms with Gasteiger partial charge in [0.2, 0.25) is 0 Å². The molecule has 0 aliphatic heterocycles. The summed E-state index contributed by atoms with van der Waals surface area (Å²) in [6.45, 7) is 8.04. The summed E-state index contributed by atoms with van der Waals surface area (Å²) in [4.78, 5) is 11.7. The Morgan fingerprint density at radius 3 is 2.03 bits per heavy atom. The van der Waals surface area contributed by atoms with Crippen LogP contribution in [0.5, 0.6) is 0 Å². The molecule has 3 rings (SSSR count). The number of hydrogen-bond acceptors (Lipinski definition) is 3. The number of fused-ring (bicyclic) bond motifs is 2. The number of carbonyl (C=O) groups is 1. The van der Waals surface area contributed by atoms with Gasteiger partial charge in [0.05, 0.1) is 12.7 Å². The van der Waals surface area contributed by atoms with Crippen molar-refractivity contribution in [2.24, 2.45) is 0 Å². The molecule has 0 aliphatic rings. The summed E-state index contributed by atoms with van der Waals surface area (Å²) < 4.78 is 49.0. The summed E-state index contributed by atoms with van der Waals surface area (Å²) in [5, 5.41) is 4.37. The normalized spacial score (nSPS) is 13.4. The SMILES string of the molecule is C=C(C(=O)OC(C)(C)CCOC(C)c1c2ccccc2cc2ccccc12)C(F)(F)F. The number of alkyl halides is 3. The van der Waals surface area contributed by atoms with Gasteiger partial charge in [-0.15, -0.1) is 0 Å². The zero-order chi connectivity index (χ0) is 22.8. The lowest BCUT2D eigenvalue weighted by atomic mass is 9.94. The smallest absolute Gasteiger partial charge is 0.422 e. The first-order chi connectivity index (χ1) is 14.5. The Balaban J connectivity index is 1.74. The molecule has 1 atom stereocenters. The first kappa shape index (κ1) is 22.8. The van der Waals surface area contributed by atoms with E-state index in [4.69, 9.17) is 9.47 Å². The molecule has 31 heavy (non-hydrogen) atoms. The van der Waals surface area contributed by atoms with Crippen molar-refractivity contribution in [3.8, 4) is 0 Å². The predicted octanol–water partition coefficient (Wildman–Crippen LogP) is 6.90. The minimum atomic E-state index is -4.81. The van der Waals surface area contributed by atoms with Crippen LogP contribution in [0.2, 0.25) is 0 Å². The molecule has 0 bridgehead atoms. The van der Waals surface area contributed by atoms with E-state index in [2.05, 4.69) is 12.6 Å². The lowest BCUT2D eigenvalue weighted by Crippen LogP contribution is -2.33. The van der Waals surface area contributed by atoms with Crippen molar-refractivity contribution < 1.29 is 27.4 Å². The van der Waals surface area contributed by atoms with Gasteiger partial charge in [0.25, 0.3) is 0 Å². The third-order valence-corrected chi connectivity index (χ3v) is 5.25. The van der Waals surface area contributed by atoms with Gasteiger partial charge in [-0.25, -0.2) is 4.79 Å². The molecule has 164 valence electrons. The molecule has 0 radical (unpaired) electrons. The van der Waals surface area contributed by atoms with Crippen LogP contribution >= 0.6 is 0 Å². The minimum Gasteiger partial charge on any atom is -0.456 e. The third kappa shape index (κ3) is 5.25. The second kappa shape index (κ2) is 8.71. The summed E-state index contributed by atoms with van der Waals surface area (Å²) in [5.74, 6) is -1.47. The second-order valence-electron chi connectivity index (χ2n) is 8.12. The van der Waals surface area contributed by atoms with E-state index in [1.165, 1.54) is 0 Å². The molecule has 0 heterocycles. The van der Waals surface area contributed by atoms with Crippen LogP contribution in [-0.2, 0) is 14.3 Å². The van der Waals surface area contributed by atoms with E-state index < -0.39 is 23.3 Å². The molecule has 3 aromatic rings. The number of carbonyl (C=O) groups excluding carboxylic acids is 1. The highest BCUT2D eigenvalue weighted by Crippen LogP contribution is 2.34. The minimum absolute atomic E-state index is 0.206. The zero-order valence-electron chi connectivity index (χ0n) is 17.8. The Morgan fingerprint density at radius 1 is 1.00 bits per heavy atom. The number of halogens is 3. The van der Waals surface area contributed by atoms with E-state index in [-0.39, 0.29) is 19.1 Å². The monoisotopic (exact) mass is 430 g/mol. The van der Waals surface area contributed by atoms with Crippen LogP contribution in [-0.4, -0.2) is 24.4 Å². The van der Waals surface area contributed by atoms with Gasteiger partial charge in [0, 0.05) is 6.42 Å². The van der Waals surface area contributed by atoms with Gasteiger partial charge in [-0.2, -0.15) is 13.2 Å². The molecular formula is C25H25F3O3. The lowest BCUT2D eigenvalue weighted by molar-refractivity contribution is -0.163. The lowest BCUT2D eigenvalue weighted by Gasteiger charge is -2.27. The Kier molecular flexibility index (Phi) is 6.41.